The zero-order chi connectivity index (χ0) is 17.2. The van der Waals surface area contributed by atoms with Gasteiger partial charge in [0.1, 0.15) is 5.82 Å². The summed E-state index contributed by atoms with van der Waals surface area (Å²) in [6.45, 7) is 1.24. The van der Waals surface area contributed by atoms with Crippen LogP contribution >= 0.6 is 11.6 Å². The molecule has 7 heteroatoms. The van der Waals surface area contributed by atoms with E-state index in [4.69, 9.17) is 11.6 Å². The van der Waals surface area contributed by atoms with Crippen molar-refractivity contribution in [3.05, 3.63) is 35.1 Å². The molecule has 0 aromatic heterocycles. The molecule has 1 N–H and O–H groups in total. The molecule has 4 atom stereocenters. The van der Waals surface area contributed by atoms with Crippen LogP contribution in [0.15, 0.2) is 24.3 Å². The van der Waals surface area contributed by atoms with E-state index < -0.39 is 11.7 Å². The number of hydrogen-bond donors (Lipinski definition) is 1. The molecule has 4 rings (SSSR count). The number of anilines is 2. The van der Waals surface area contributed by atoms with E-state index in [1.165, 1.54) is 13.0 Å². The molecule has 124 valence electrons. The Morgan fingerprint density at radius 2 is 1.79 bits per heavy atom. The zero-order valence-electron chi connectivity index (χ0n) is 12.8. The van der Waals surface area contributed by atoms with Crippen LogP contribution in [-0.4, -0.2) is 17.7 Å². The molecule has 2 fully saturated rings. The fourth-order valence-electron chi connectivity index (χ4n) is 4.14. The van der Waals surface area contributed by atoms with Crippen LogP contribution in [0.2, 0.25) is 5.02 Å². The normalized spacial score (nSPS) is 30.2. The van der Waals surface area contributed by atoms with E-state index >= 15 is 0 Å². The highest BCUT2D eigenvalue weighted by Crippen LogP contribution is 2.53. The van der Waals surface area contributed by atoms with Crippen molar-refractivity contribution >= 4 is 40.7 Å². The maximum atomic E-state index is 14.3. The van der Waals surface area contributed by atoms with Gasteiger partial charge in [0, 0.05) is 13.0 Å². The molecule has 1 aromatic carbocycles. The second-order valence-electron chi connectivity index (χ2n) is 6.48. The molecular formula is C17H14ClFN2O3. The van der Waals surface area contributed by atoms with Crippen molar-refractivity contribution in [1.82, 2.24) is 0 Å². The number of benzene rings is 1. The lowest BCUT2D eigenvalue weighted by atomic mass is 9.85. The van der Waals surface area contributed by atoms with Gasteiger partial charge in [-0.2, -0.15) is 0 Å². The summed E-state index contributed by atoms with van der Waals surface area (Å²) in [6.07, 6.45) is 4.82. The summed E-state index contributed by atoms with van der Waals surface area (Å²) in [5.41, 5.74) is -0.0515. The van der Waals surface area contributed by atoms with E-state index in [0.29, 0.717) is 0 Å². The van der Waals surface area contributed by atoms with Gasteiger partial charge in [-0.25, -0.2) is 9.29 Å². The second-order valence-corrected chi connectivity index (χ2v) is 6.88. The Balaban J connectivity index is 1.71. The van der Waals surface area contributed by atoms with Gasteiger partial charge in [-0.15, -0.1) is 0 Å². The molecule has 4 unspecified atom stereocenters. The van der Waals surface area contributed by atoms with Gasteiger partial charge in [0.05, 0.1) is 28.2 Å². The van der Waals surface area contributed by atoms with Crippen molar-refractivity contribution in [3.8, 4) is 0 Å². The van der Waals surface area contributed by atoms with Crippen molar-refractivity contribution in [3.63, 3.8) is 0 Å². The van der Waals surface area contributed by atoms with Gasteiger partial charge in [0.15, 0.2) is 0 Å². The van der Waals surface area contributed by atoms with Gasteiger partial charge in [0.25, 0.3) is 0 Å². The smallest absolute Gasteiger partial charge is 0.238 e. The Kier molecular flexibility index (Phi) is 3.28. The van der Waals surface area contributed by atoms with Crippen LogP contribution in [0.3, 0.4) is 0 Å². The molecule has 1 saturated carbocycles. The minimum Gasteiger partial charge on any atom is -0.323 e. The Labute approximate surface area is 142 Å². The number of allylic oxidation sites excluding steroid dienone is 2. The van der Waals surface area contributed by atoms with E-state index in [1.54, 1.807) is 0 Å². The number of fused-ring (bicyclic) bond motifs is 5. The molecule has 1 aromatic rings. The Bertz CT molecular complexity index is 769. The summed E-state index contributed by atoms with van der Waals surface area (Å²) in [7, 11) is 0. The molecule has 2 bridgehead atoms. The Morgan fingerprint density at radius 3 is 2.29 bits per heavy atom. The quantitative estimate of drug-likeness (QED) is 0.660. The van der Waals surface area contributed by atoms with Gasteiger partial charge in [-0.05, 0) is 24.3 Å². The van der Waals surface area contributed by atoms with Crippen LogP contribution in [0.1, 0.15) is 13.3 Å². The highest BCUT2D eigenvalue weighted by atomic mass is 35.5. The van der Waals surface area contributed by atoms with Gasteiger partial charge in [-0.3, -0.25) is 14.4 Å². The van der Waals surface area contributed by atoms with E-state index in [2.05, 4.69) is 5.32 Å². The first-order valence-corrected chi connectivity index (χ1v) is 8.09. The number of carbonyl (C=O) groups is 3. The molecule has 24 heavy (non-hydrogen) atoms. The summed E-state index contributed by atoms with van der Waals surface area (Å²) in [5.74, 6) is -2.40. The largest absolute Gasteiger partial charge is 0.323 e. The summed E-state index contributed by atoms with van der Waals surface area (Å²) in [5, 5.41) is 2.24. The number of hydrogen-bond acceptors (Lipinski definition) is 3. The zero-order valence-corrected chi connectivity index (χ0v) is 13.5. The minimum atomic E-state index is -0.786. The van der Waals surface area contributed by atoms with Crippen LogP contribution in [0, 0.1) is 29.5 Å². The van der Waals surface area contributed by atoms with Crippen molar-refractivity contribution < 1.29 is 18.8 Å². The number of amides is 3. The maximum absolute atomic E-state index is 14.3. The van der Waals surface area contributed by atoms with E-state index in [0.717, 1.165) is 17.4 Å². The molecule has 1 heterocycles. The van der Waals surface area contributed by atoms with Crippen LogP contribution < -0.4 is 10.2 Å². The number of imide groups is 1. The Hall–Kier alpha value is -2.21. The first-order valence-electron chi connectivity index (χ1n) is 7.71. The monoisotopic (exact) mass is 348 g/mol. The van der Waals surface area contributed by atoms with Gasteiger partial charge < -0.3 is 5.32 Å². The predicted octanol–water partition coefficient (Wildman–Crippen LogP) is 2.75. The van der Waals surface area contributed by atoms with Crippen molar-refractivity contribution in [2.75, 3.05) is 10.2 Å². The molecule has 3 amide bonds. The molecular weight excluding hydrogens is 335 g/mol. The number of nitrogens with one attached hydrogen (secondary N) is 1. The molecule has 0 spiro atoms. The van der Waals surface area contributed by atoms with Gasteiger partial charge in [0.2, 0.25) is 17.7 Å². The summed E-state index contributed by atoms with van der Waals surface area (Å²) in [4.78, 5) is 37.6. The average molecular weight is 349 g/mol. The number of rotatable bonds is 2. The van der Waals surface area contributed by atoms with Crippen LogP contribution in [0.25, 0.3) is 0 Å². The number of halogens is 2. The lowest BCUT2D eigenvalue weighted by molar-refractivity contribution is -0.123. The predicted molar refractivity (Wildman–Crippen MR) is 85.9 cm³/mol. The molecule has 2 aliphatic carbocycles. The minimum absolute atomic E-state index is 0.0565. The molecule has 1 saturated heterocycles. The topological polar surface area (TPSA) is 66.5 Å². The molecule has 0 radical (unpaired) electrons. The second kappa shape index (κ2) is 5.14. The molecule has 3 aliphatic rings. The maximum Gasteiger partial charge on any atom is 0.238 e. The van der Waals surface area contributed by atoms with Crippen LogP contribution in [0.4, 0.5) is 15.8 Å². The Morgan fingerprint density at radius 1 is 1.21 bits per heavy atom. The highest BCUT2D eigenvalue weighted by Gasteiger charge is 2.59. The molecule has 1 aliphatic heterocycles. The molecule has 5 nitrogen and oxygen atoms in total. The van der Waals surface area contributed by atoms with Crippen molar-refractivity contribution in [1.29, 1.82) is 0 Å². The third-order valence-electron chi connectivity index (χ3n) is 5.06. The highest BCUT2D eigenvalue weighted by molar-refractivity contribution is 6.34. The van der Waals surface area contributed by atoms with E-state index in [-0.39, 0.29) is 51.9 Å². The number of carbonyl (C=O) groups excluding carboxylic acids is 3. The lowest BCUT2D eigenvalue weighted by Crippen LogP contribution is -2.33. The van der Waals surface area contributed by atoms with E-state index in [1.807, 2.05) is 12.2 Å². The first-order chi connectivity index (χ1) is 11.4. The van der Waals surface area contributed by atoms with Crippen molar-refractivity contribution in [2.24, 2.45) is 23.7 Å². The van der Waals surface area contributed by atoms with Crippen LogP contribution in [-0.2, 0) is 14.4 Å². The van der Waals surface area contributed by atoms with Gasteiger partial charge >= 0.3 is 0 Å². The number of nitrogens with zero attached hydrogens (tertiary/aromatic N) is 1. The summed E-state index contributed by atoms with van der Waals surface area (Å²) < 4.78 is 14.3. The average Bonchev–Trinajstić information content (AvgIpc) is 3.17. The standard InChI is InChI=1S/C17H14ClFN2O3/c1-7(22)20-15-11(18)5-10(6-12(15)19)21-16(23)13-8-2-3-9(4-8)14(13)17(21)24/h2-3,5-6,8-9,13-14H,4H2,1H3,(H,20,22). The summed E-state index contributed by atoms with van der Waals surface area (Å²) in [6, 6.07) is 2.39. The lowest BCUT2D eigenvalue weighted by Gasteiger charge is -2.19. The summed E-state index contributed by atoms with van der Waals surface area (Å²) >= 11 is 6.03. The van der Waals surface area contributed by atoms with Gasteiger partial charge in [-0.1, -0.05) is 23.8 Å². The van der Waals surface area contributed by atoms with Crippen molar-refractivity contribution in [2.45, 2.75) is 13.3 Å². The third kappa shape index (κ3) is 2.02. The van der Waals surface area contributed by atoms with E-state index in [9.17, 15) is 18.8 Å². The first kappa shape index (κ1) is 15.3. The SMILES string of the molecule is CC(=O)Nc1c(F)cc(N2C(=O)C3C4C=CC(C4)C3C2=O)cc1Cl. The third-order valence-corrected chi connectivity index (χ3v) is 5.35. The fraction of sp³-hybridized carbons (Fsp3) is 0.353. The fourth-order valence-corrected chi connectivity index (χ4v) is 4.39. The van der Waals surface area contributed by atoms with Crippen LogP contribution in [0.5, 0.6) is 0 Å².